The van der Waals surface area contributed by atoms with Gasteiger partial charge in [0, 0.05) is 26.3 Å². The molecule has 4 heterocycles. The van der Waals surface area contributed by atoms with Crippen LogP contribution in [-0.2, 0) is 25.4 Å². The molecule has 0 atom stereocenters. The van der Waals surface area contributed by atoms with Gasteiger partial charge in [0.15, 0.2) is 0 Å². The highest BCUT2D eigenvalue weighted by atomic mass is 16.5. The van der Waals surface area contributed by atoms with Crippen LogP contribution in [0.2, 0.25) is 0 Å². The number of nitrogen functional groups attached to an aromatic ring is 1. The minimum absolute atomic E-state index is 0.223. The number of anilines is 1. The maximum atomic E-state index is 12.4. The van der Waals surface area contributed by atoms with Crippen LogP contribution in [0.5, 0.6) is 5.88 Å². The monoisotopic (exact) mass is 480 g/mol. The number of nitrogens with two attached hydrogens (primary N) is 1. The number of fused-ring (bicyclic) bond motifs is 1. The zero-order valence-corrected chi connectivity index (χ0v) is 20.2. The van der Waals surface area contributed by atoms with Gasteiger partial charge in [0.05, 0.1) is 42.9 Å². The first-order valence-corrected chi connectivity index (χ1v) is 11.2. The number of unbranched alkanes of at least 4 members (excludes halogenated alkanes) is 2. The SMILES string of the molecule is COC(=O)c1cc(C)nc(-c2cnn(C)c2OCCCCCn2c(N)nc3cnn(C)c(=O)c32)c1. The van der Waals surface area contributed by atoms with Crippen LogP contribution < -0.4 is 16.0 Å². The third-order valence-electron chi connectivity index (χ3n) is 5.67. The lowest BCUT2D eigenvalue weighted by atomic mass is 10.1. The molecule has 2 N–H and O–H groups in total. The number of hydrogen-bond donors (Lipinski definition) is 1. The molecule has 0 bridgehead atoms. The van der Waals surface area contributed by atoms with E-state index in [1.165, 1.54) is 11.8 Å². The molecule has 35 heavy (non-hydrogen) atoms. The van der Waals surface area contributed by atoms with Crippen molar-refractivity contribution < 1.29 is 14.3 Å². The molecule has 0 aliphatic heterocycles. The van der Waals surface area contributed by atoms with Crippen molar-refractivity contribution in [3.63, 3.8) is 0 Å². The molecule has 4 aromatic rings. The summed E-state index contributed by atoms with van der Waals surface area (Å²) in [7, 11) is 4.73. The number of carbonyl (C=O) groups excluding carboxylic acids is 1. The van der Waals surface area contributed by atoms with Gasteiger partial charge in [-0.1, -0.05) is 0 Å². The molecule has 184 valence electrons. The third-order valence-corrected chi connectivity index (χ3v) is 5.67. The van der Waals surface area contributed by atoms with Crippen LogP contribution in [-0.4, -0.2) is 53.8 Å². The highest BCUT2D eigenvalue weighted by molar-refractivity contribution is 5.90. The molecule has 4 aromatic heterocycles. The molecule has 0 saturated heterocycles. The second-order valence-corrected chi connectivity index (χ2v) is 8.20. The summed E-state index contributed by atoms with van der Waals surface area (Å²) in [4.78, 5) is 33.2. The number of carbonyl (C=O) groups is 1. The normalized spacial score (nSPS) is 11.2. The van der Waals surface area contributed by atoms with E-state index >= 15 is 0 Å². The van der Waals surface area contributed by atoms with E-state index in [9.17, 15) is 9.59 Å². The number of esters is 1. The van der Waals surface area contributed by atoms with Crippen LogP contribution >= 0.6 is 0 Å². The molecule has 12 nitrogen and oxygen atoms in total. The molecule has 0 aliphatic rings. The number of nitrogens with zero attached hydrogens (tertiary/aromatic N) is 7. The van der Waals surface area contributed by atoms with Crippen LogP contribution in [0.3, 0.4) is 0 Å². The highest BCUT2D eigenvalue weighted by Gasteiger charge is 2.17. The topological polar surface area (TPSA) is 145 Å². The Morgan fingerprint density at radius 3 is 2.60 bits per heavy atom. The van der Waals surface area contributed by atoms with Crippen LogP contribution in [0.1, 0.15) is 35.3 Å². The summed E-state index contributed by atoms with van der Waals surface area (Å²) in [5, 5.41) is 8.28. The smallest absolute Gasteiger partial charge is 0.337 e. The van der Waals surface area contributed by atoms with Crippen LogP contribution in [0.15, 0.2) is 29.3 Å². The Kier molecular flexibility index (Phi) is 6.80. The van der Waals surface area contributed by atoms with E-state index < -0.39 is 5.97 Å². The quantitative estimate of drug-likeness (QED) is 0.280. The Hall–Kier alpha value is -4.22. The molecule has 0 fully saturated rings. The summed E-state index contributed by atoms with van der Waals surface area (Å²) in [6, 6.07) is 3.34. The number of ether oxygens (including phenoxy) is 2. The Labute approximate surface area is 201 Å². The maximum Gasteiger partial charge on any atom is 0.337 e. The van der Waals surface area contributed by atoms with Crippen LogP contribution in [0.25, 0.3) is 22.3 Å². The molecule has 0 radical (unpaired) electrons. The Morgan fingerprint density at radius 2 is 1.83 bits per heavy atom. The summed E-state index contributed by atoms with van der Waals surface area (Å²) in [5.41, 5.74) is 9.16. The van der Waals surface area contributed by atoms with Crippen molar-refractivity contribution in [3.8, 4) is 17.1 Å². The molecular formula is C23H28N8O4. The number of pyridine rings is 1. The molecule has 4 rings (SSSR count). The van der Waals surface area contributed by atoms with Gasteiger partial charge in [-0.3, -0.25) is 9.78 Å². The summed E-state index contributed by atoms with van der Waals surface area (Å²) in [5.74, 6) is 0.446. The minimum atomic E-state index is -0.427. The zero-order chi connectivity index (χ0) is 25.1. The van der Waals surface area contributed by atoms with E-state index in [4.69, 9.17) is 15.2 Å². The Bertz CT molecular complexity index is 1440. The van der Waals surface area contributed by atoms with Crippen molar-refractivity contribution in [2.24, 2.45) is 14.1 Å². The van der Waals surface area contributed by atoms with Gasteiger partial charge >= 0.3 is 5.97 Å². The van der Waals surface area contributed by atoms with Gasteiger partial charge in [-0.05, 0) is 38.3 Å². The van der Waals surface area contributed by atoms with E-state index in [2.05, 4.69) is 20.2 Å². The Morgan fingerprint density at radius 1 is 1.06 bits per heavy atom. The van der Waals surface area contributed by atoms with Crippen LogP contribution in [0.4, 0.5) is 5.95 Å². The first-order chi connectivity index (χ1) is 16.8. The van der Waals surface area contributed by atoms with E-state index in [1.807, 2.05) is 6.92 Å². The number of methoxy groups -OCH3 is 1. The van der Waals surface area contributed by atoms with Crippen LogP contribution in [0, 0.1) is 6.92 Å². The largest absolute Gasteiger partial charge is 0.477 e. The number of aryl methyl sites for hydroxylation is 4. The van der Waals surface area contributed by atoms with Crippen molar-refractivity contribution in [1.29, 1.82) is 0 Å². The Balaban J connectivity index is 1.38. The second-order valence-electron chi connectivity index (χ2n) is 8.20. The number of hydrogen-bond acceptors (Lipinski definition) is 9. The summed E-state index contributed by atoms with van der Waals surface area (Å²) >= 11 is 0. The second kappa shape index (κ2) is 9.95. The van der Waals surface area contributed by atoms with Crippen molar-refractivity contribution in [1.82, 2.24) is 34.1 Å². The molecule has 0 unspecified atom stereocenters. The van der Waals surface area contributed by atoms with Gasteiger partial charge in [-0.2, -0.15) is 10.2 Å². The zero-order valence-electron chi connectivity index (χ0n) is 20.2. The van der Waals surface area contributed by atoms with Crippen molar-refractivity contribution in [2.45, 2.75) is 32.7 Å². The molecule has 0 spiro atoms. The third kappa shape index (κ3) is 4.86. The van der Waals surface area contributed by atoms with Gasteiger partial charge in [0.25, 0.3) is 5.56 Å². The average Bonchev–Trinajstić information content (AvgIpc) is 3.36. The van der Waals surface area contributed by atoms with E-state index in [-0.39, 0.29) is 5.56 Å². The van der Waals surface area contributed by atoms with Gasteiger partial charge in [-0.25, -0.2) is 19.1 Å². The lowest BCUT2D eigenvalue weighted by Gasteiger charge is -2.10. The van der Waals surface area contributed by atoms with E-state index in [0.29, 0.717) is 58.5 Å². The van der Waals surface area contributed by atoms with Crippen molar-refractivity contribution in [2.75, 3.05) is 19.5 Å². The molecule has 0 aliphatic carbocycles. The van der Waals surface area contributed by atoms with E-state index in [1.54, 1.807) is 47.9 Å². The maximum absolute atomic E-state index is 12.4. The lowest BCUT2D eigenvalue weighted by Crippen LogP contribution is -2.21. The average molecular weight is 481 g/mol. The molecular weight excluding hydrogens is 452 g/mol. The van der Waals surface area contributed by atoms with Gasteiger partial charge in [0.2, 0.25) is 11.8 Å². The van der Waals surface area contributed by atoms with Gasteiger partial charge < -0.3 is 19.8 Å². The first-order valence-electron chi connectivity index (χ1n) is 11.2. The number of rotatable bonds is 9. The van der Waals surface area contributed by atoms with Gasteiger partial charge in [0.1, 0.15) is 11.0 Å². The fourth-order valence-electron chi connectivity index (χ4n) is 3.91. The molecule has 0 aromatic carbocycles. The summed E-state index contributed by atoms with van der Waals surface area (Å²) < 4.78 is 15.5. The lowest BCUT2D eigenvalue weighted by molar-refractivity contribution is 0.0600. The van der Waals surface area contributed by atoms with Gasteiger partial charge in [-0.15, -0.1) is 0 Å². The van der Waals surface area contributed by atoms with Crippen molar-refractivity contribution in [3.05, 3.63) is 46.1 Å². The highest BCUT2D eigenvalue weighted by Crippen LogP contribution is 2.29. The standard InChI is InChI=1S/C23H28N8O4/c1-14-10-15(22(33)34-4)11-17(27-14)16-12-25-30(3)21(16)35-9-7-5-6-8-31-19-18(28-23(31)24)13-26-29(2)20(19)32/h10-13H,5-9H2,1-4H3,(H2,24,28). The fraction of sp³-hybridized carbons (Fsp3) is 0.391. The predicted octanol–water partition coefficient (Wildman–Crippen LogP) is 1.85. The molecule has 0 saturated carbocycles. The fourth-order valence-corrected chi connectivity index (χ4v) is 3.91. The number of imidazole rings is 1. The molecule has 12 heteroatoms. The summed E-state index contributed by atoms with van der Waals surface area (Å²) in [6.45, 7) is 2.85. The van der Waals surface area contributed by atoms with E-state index in [0.717, 1.165) is 19.3 Å². The molecule has 0 amide bonds. The summed E-state index contributed by atoms with van der Waals surface area (Å²) in [6.07, 6.45) is 5.64. The number of aromatic nitrogens is 7. The first kappa shape index (κ1) is 23.9. The predicted molar refractivity (Wildman–Crippen MR) is 129 cm³/mol. The van der Waals surface area contributed by atoms with Crippen molar-refractivity contribution >= 4 is 23.0 Å². The minimum Gasteiger partial charge on any atom is -0.477 e.